The Morgan fingerprint density at radius 1 is 0.956 bits per heavy atom. The second-order valence-electron chi connectivity index (χ2n) is 12.3. The number of halogens is 3. The number of nitrogens with zero attached hydrogens (tertiary/aromatic N) is 3. The standard InChI is InChI=1S/C33H30Cl2FN3O6/c34-26-7-20(38-12-22-6-21(38)15-44-22)8-27(35)30(26)32(40)37-11-17-2-1-3-23(31(17)45-16-37)24-10-29(25(33(41)42)9-28(24)36)39-18-4-5-19(39)14-43-13-18/h1-3,7-10,18-19,21-22H,4-6,11-16H2,(H,41,42)/t18?,19?,21-,22-/m0/s1. The number of morpholine rings is 2. The highest BCUT2D eigenvalue weighted by atomic mass is 35.5. The number of benzene rings is 3. The van der Waals surface area contributed by atoms with Gasteiger partial charge >= 0.3 is 5.97 Å². The number of amides is 1. The number of fused-ring (bicyclic) bond motifs is 5. The molecule has 0 aliphatic carbocycles. The molecule has 1 N–H and O–H groups in total. The molecule has 5 aliphatic rings. The van der Waals surface area contributed by atoms with Crippen molar-refractivity contribution in [3.05, 3.63) is 75.0 Å². The fraction of sp³-hybridized carbons (Fsp3) is 0.394. The average molecular weight is 655 g/mol. The molecule has 5 heterocycles. The van der Waals surface area contributed by atoms with Crippen molar-refractivity contribution >= 4 is 46.5 Å². The lowest BCUT2D eigenvalue weighted by Crippen LogP contribution is -2.46. The predicted molar refractivity (Wildman–Crippen MR) is 166 cm³/mol. The van der Waals surface area contributed by atoms with E-state index in [2.05, 4.69) is 9.80 Å². The summed E-state index contributed by atoms with van der Waals surface area (Å²) in [6, 6.07) is 11.9. The number of anilines is 2. The van der Waals surface area contributed by atoms with Crippen molar-refractivity contribution in [1.29, 1.82) is 0 Å². The third kappa shape index (κ3) is 4.81. The summed E-state index contributed by atoms with van der Waals surface area (Å²) < 4.78 is 33.2. The zero-order chi connectivity index (χ0) is 31.0. The van der Waals surface area contributed by atoms with Gasteiger partial charge in [-0.1, -0.05) is 41.4 Å². The van der Waals surface area contributed by atoms with Gasteiger partial charge in [0, 0.05) is 28.9 Å². The van der Waals surface area contributed by atoms with Crippen LogP contribution in [0.1, 0.15) is 45.5 Å². The summed E-state index contributed by atoms with van der Waals surface area (Å²) in [6.07, 6.45) is 2.93. The van der Waals surface area contributed by atoms with Gasteiger partial charge in [-0.25, -0.2) is 9.18 Å². The molecule has 4 saturated heterocycles. The Labute approximate surface area is 269 Å². The third-order valence-electron chi connectivity index (χ3n) is 9.71. The van der Waals surface area contributed by atoms with E-state index in [1.54, 1.807) is 30.3 Å². The Balaban J connectivity index is 1.09. The third-order valence-corrected chi connectivity index (χ3v) is 10.3. The number of carbonyl (C=O) groups excluding carboxylic acids is 1. The van der Waals surface area contributed by atoms with Crippen LogP contribution in [0, 0.1) is 5.82 Å². The van der Waals surface area contributed by atoms with E-state index in [1.807, 2.05) is 6.07 Å². The first-order valence-corrected chi connectivity index (χ1v) is 15.9. The smallest absolute Gasteiger partial charge is 0.337 e. The van der Waals surface area contributed by atoms with Crippen LogP contribution >= 0.6 is 23.2 Å². The molecule has 0 aromatic heterocycles. The number of carboxylic acids is 1. The van der Waals surface area contributed by atoms with E-state index in [1.165, 1.54) is 4.90 Å². The Hall–Kier alpha value is -3.57. The number of rotatable bonds is 5. The van der Waals surface area contributed by atoms with Crippen LogP contribution in [0.3, 0.4) is 0 Å². The Kier molecular flexibility index (Phi) is 7.09. The van der Waals surface area contributed by atoms with Gasteiger partial charge in [0.15, 0.2) is 6.73 Å². The summed E-state index contributed by atoms with van der Waals surface area (Å²) in [5.74, 6) is -1.78. The number of ether oxygens (including phenoxy) is 3. The van der Waals surface area contributed by atoms with Gasteiger partial charge in [0.1, 0.15) is 11.6 Å². The molecule has 45 heavy (non-hydrogen) atoms. The summed E-state index contributed by atoms with van der Waals surface area (Å²) in [6.45, 7) is 2.52. The minimum atomic E-state index is -1.19. The molecular weight excluding hydrogens is 624 g/mol. The van der Waals surface area contributed by atoms with Crippen LogP contribution in [0.2, 0.25) is 10.0 Å². The Morgan fingerprint density at radius 2 is 1.71 bits per heavy atom. The molecule has 4 fully saturated rings. The zero-order valence-corrected chi connectivity index (χ0v) is 25.7. The Morgan fingerprint density at radius 3 is 2.38 bits per heavy atom. The molecular formula is C33H30Cl2FN3O6. The zero-order valence-electron chi connectivity index (χ0n) is 24.2. The number of carboxylic acid groups (broad SMARTS) is 1. The van der Waals surface area contributed by atoms with Gasteiger partial charge in [-0.05, 0) is 43.5 Å². The van der Waals surface area contributed by atoms with Gasteiger partial charge in [0.2, 0.25) is 0 Å². The van der Waals surface area contributed by atoms with Gasteiger partial charge in [0.05, 0.1) is 77.5 Å². The Bertz CT molecular complexity index is 1700. The molecule has 12 heteroatoms. The fourth-order valence-corrected chi connectivity index (χ4v) is 8.23. The molecule has 1 amide bonds. The van der Waals surface area contributed by atoms with E-state index < -0.39 is 11.8 Å². The first-order valence-electron chi connectivity index (χ1n) is 15.1. The number of para-hydroxylation sites is 1. The quantitative estimate of drug-likeness (QED) is 0.368. The maximum absolute atomic E-state index is 15.7. The summed E-state index contributed by atoms with van der Waals surface area (Å²) in [5.41, 5.74) is 2.86. The van der Waals surface area contributed by atoms with E-state index >= 15 is 4.39 Å². The predicted octanol–water partition coefficient (Wildman–Crippen LogP) is 5.84. The van der Waals surface area contributed by atoms with Crippen LogP contribution in [0.5, 0.6) is 5.75 Å². The highest BCUT2D eigenvalue weighted by Gasteiger charge is 2.41. The van der Waals surface area contributed by atoms with Gasteiger partial charge in [-0.2, -0.15) is 0 Å². The largest absolute Gasteiger partial charge is 0.478 e. The second-order valence-corrected chi connectivity index (χ2v) is 13.2. The van der Waals surface area contributed by atoms with E-state index in [-0.39, 0.29) is 70.1 Å². The molecule has 4 atom stereocenters. The van der Waals surface area contributed by atoms with Crippen molar-refractivity contribution < 1.29 is 33.3 Å². The van der Waals surface area contributed by atoms with E-state index in [4.69, 9.17) is 37.4 Å². The molecule has 9 nitrogen and oxygen atoms in total. The normalized spacial score (nSPS) is 25.0. The highest BCUT2D eigenvalue weighted by molar-refractivity contribution is 6.40. The number of aromatic carboxylic acids is 1. The van der Waals surface area contributed by atoms with Crippen LogP contribution in [0.25, 0.3) is 11.1 Å². The van der Waals surface area contributed by atoms with Gasteiger partial charge < -0.3 is 34.0 Å². The van der Waals surface area contributed by atoms with Crippen LogP contribution in [-0.2, 0) is 16.0 Å². The molecule has 0 radical (unpaired) electrons. The fourth-order valence-electron chi connectivity index (χ4n) is 7.59. The monoisotopic (exact) mass is 653 g/mol. The SMILES string of the molecule is O=C(O)c1cc(F)c(-c2cccc3c2OCN(C(=O)c2c(Cl)cc(N4C[C@@H]5C[C@H]4CO5)cc2Cl)C3)cc1N1C2CCC1COC2. The van der Waals surface area contributed by atoms with Gasteiger partial charge in [-0.3, -0.25) is 4.79 Å². The van der Waals surface area contributed by atoms with E-state index in [9.17, 15) is 14.7 Å². The van der Waals surface area contributed by atoms with Gasteiger partial charge in [0.25, 0.3) is 5.91 Å². The lowest BCUT2D eigenvalue weighted by molar-refractivity contribution is 0.0516. The minimum Gasteiger partial charge on any atom is -0.478 e. The molecule has 2 unspecified atom stereocenters. The van der Waals surface area contributed by atoms with Crippen molar-refractivity contribution in [2.45, 2.75) is 50.0 Å². The lowest BCUT2D eigenvalue weighted by Gasteiger charge is -2.37. The van der Waals surface area contributed by atoms with Crippen LogP contribution in [0.15, 0.2) is 42.5 Å². The van der Waals surface area contributed by atoms with Gasteiger partial charge in [-0.15, -0.1) is 0 Å². The minimum absolute atomic E-state index is 0.0351. The molecule has 3 aromatic rings. The van der Waals surface area contributed by atoms with E-state index in [0.29, 0.717) is 42.4 Å². The second kappa shape index (κ2) is 11.0. The molecule has 234 valence electrons. The number of carbonyl (C=O) groups is 2. The van der Waals surface area contributed by atoms with Crippen molar-refractivity contribution in [1.82, 2.24) is 4.90 Å². The molecule has 5 aliphatic heterocycles. The number of hydrogen-bond acceptors (Lipinski definition) is 7. The molecule has 0 saturated carbocycles. The summed E-state index contributed by atoms with van der Waals surface area (Å²) >= 11 is 13.3. The number of hydrogen-bond donors (Lipinski definition) is 1. The van der Waals surface area contributed by atoms with Crippen LogP contribution in [0.4, 0.5) is 15.8 Å². The molecule has 8 rings (SSSR count). The van der Waals surface area contributed by atoms with Crippen molar-refractivity contribution in [3.63, 3.8) is 0 Å². The van der Waals surface area contributed by atoms with Crippen molar-refractivity contribution in [3.8, 4) is 16.9 Å². The molecule has 3 aromatic carbocycles. The highest BCUT2D eigenvalue weighted by Crippen LogP contribution is 2.44. The van der Waals surface area contributed by atoms with E-state index in [0.717, 1.165) is 37.6 Å². The average Bonchev–Trinajstić information content (AvgIpc) is 3.73. The first-order chi connectivity index (χ1) is 21.8. The summed E-state index contributed by atoms with van der Waals surface area (Å²) in [4.78, 5) is 31.7. The van der Waals surface area contributed by atoms with Crippen LogP contribution in [-0.4, -0.2) is 79.2 Å². The topological polar surface area (TPSA) is 91.8 Å². The first kappa shape index (κ1) is 28.9. The molecule has 0 spiro atoms. The summed E-state index contributed by atoms with van der Waals surface area (Å²) in [7, 11) is 0. The lowest BCUT2D eigenvalue weighted by atomic mass is 9.96. The summed E-state index contributed by atoms with van der Waals surface area (Å²) in [5, 5.41) is 10.5. The van der Waals surface area contributed by atoms with Crippen molar-refractivity contribution in [2.24, 2.45) is 0 Å². The molecule has 4 bridgehead atoms. The maximum atomic E-state index is 15.7. The van der Waals surface area contributed by atoms with Crippen molar-refractivity contribution in [2.75, 3.05) is 42.9 Å². The van der Waals surface area contributed by atoms with Crippen LogP contribution < -0.4 is 14.5 Å². The maximum Gasteiger partial charge on any atom is 0.337 e.